The van der Waals surface area contributed by atoms with Crippen LogP contribution in [-0.2, 0) is 23.3 Å². The molecule has 0 aliphatic rings. The lowest BCUT2D eigenvalue weighted by molar-refractivity contribution is -0.124. The first-order chi connectivity index (χ1) is 14.2. The molecule has 4 aromatic rings. The van der Waals surface area contributed by atoms with Crippen LogP contribution in [0.1, 0.15) is 16.7 Å². The highest BCUT2D eigenvalue weighted by Crippen LogP contribution is 2.32. The molecule has 0 saturated heterocycles. The van der Waals surface area contributed by atoms with Gasteiger partial charge in [0.05, 0.1) is 0 Å². The van der Waals surface area contributed by atoms with Gasteiger partial charge in [0.25, 0.3) is 0 Å². The van der Waals surface area contributed by atoms with Gasteiger partial charge < -0.3 is 5.73 Å². The van der Waals surface area contributed by atoms with E-state index in [9.17, 15) is 4.79 Å². The van der Waals surface area contributed by atoms with E-state index in [1.54, 1.807) is 24.8 Å². The molecule has 2 heterocycles. The molecular weight excluding hydrogens is 360 g/mol. The van der Waals surface area contributed by atoms with E-state index in [4.69, 9.17) is 5.73 Å². The lowest BCUT2D eigenvalue weighted by Crippen LogP contribution is -2.54. The normalized spacial score (nSPS) is 13.1. The van der Waals surface area contributed by atoms with E-state index in [1.807, 2.05) is 66.7 Å². The maximum Gasteiger partial charge on any atom is 0.242 e. The van der Waals surface area contributed by atoms with Crippen molar-refractivity contribution >= 4 is 16.7 Å². The average molecular weight is 382 g/mol. The molecule has 3 N–H and O–H groups in total. The Balaban J connectivity index is 1.85. The number of nitrogens with one attached hydrogen (secondary N) is 1. The Labute approximate surface area is 169 Å². The van der Waals surface area contributed by atoms with Gasteiger partial charge in [-0.2, -0.15) is 0 Å². The topological polar surface area (TPSA) is 80.9 Å². The minimum Gasteiger partial charge on any atom is -0.368 e. The number of fused-ring (bicyclic) bond motifs is 1. The highest BCUT2D eigenvalue weighted by atomic mass is 16.1. The third-order valence-corrected chi connectivity index (χ3v) is 5.18. The molecule has 144 valence electrons. The second-order valence-electron chi connectivity index (χ2n) is 7.05. The van der Waals surface area contributed by atoms with Crippen molar-refractivity contribution in [3.8, 4) is 0 Å². The molecule has 1 unspecified atom stereocenters. The zero-order valence-electron chi connectivity index (χ0n) is 16.0. The number of carbonyl (C=O) groups excluding carboxylic acids is 1. The van der Waals surface area contributed by atoms with Crippen LogP contribution in [0.4, 0.5) is 0 Å². The smallest absolute Gasteiger partial charge is 0.242 e. The Morgan fingerprint density at radius 1 is 0.862 bits per heavy atom. The zero-order valence-corrected chi connectivity index (χ0v) is 16.0. The Hall–Kier alpha value is -3.57. The largest absolute Gasteiger partial charge is 0.368 e. The first-order valence-corrected chi connectivity index (χ1v) is 9.50. The van der Waals surface area contributed by atoms with Gasteiger partial charge in [-0.05, 0) is 39.6 Å². The Morgan fingerprint density at radius 2 is 1.55 bits per heavy atom. The number of amides is 1. The van der Waals surface area contributed by atoms with Crippen LogP contribution in [0.15, 0.2) is 91.5 Å². The fourth-order valence-electron chi connectivity index (χ4n) is 3.72. The summed E-state index contributed by atoms with van der Waals surface area (Å²) in [5.74, 6) is -0.429. The molecule has 0 spiro atoms. The van der Waals surface area contributed by atoms with Crippen molar-refractivity contribution in [3.63, 3.8) is 0 Å². The molecule has 1 atom stereocenters. The molecule has 2 aromatic heterocycles. The van der Waals surface area contributed by atoms with E-state index in [0.717, 1.165) is 27.5 Å². The minimum atomic E-state index is -1.10. The second kappa shape index (κ2) is 8.20. The molecule has 0 saturated carbocycles. The number of hydrogen-bond acceptors (Lipinski definition) is 4. The van der Waals surface area contributed by atoms with Crippen molar-refractivity contribution in [1.29, 1.82) is 0 Å². The van der Waals surface area contributed by atoms with Gasteiger partial charge in [0.1, 0.15) is 5.54 Å². The number of nitrogens with two attached hydrogens (primary N) is 1. The van der Waals surface area contributed by atoms with Crippen molar-refractivity contribution in [3.05, 3.63) is 108 Å². The van der Waals surface area contributed by atoms with Crippen molar-refractivity contribution in [2.45, 2.75) is 18.5 Å². The number of carbonyl (C=O) groups is 1. The summed E-state index contributed by atoms with van der Waals surface area (Å²) in [6, 6.07) is 21.7. The number of pyridine rings is 2. The summed E-state index contributed by atoms with van der Waals surface area (Å²) in [6.45, 7) is 0.459. The molecule has 5 nitrogen and oxygen atoms in total. The van der Waals surface area contributed by atoms with E-state index in [0.29, 0.717) is 13.0 Å². The molecule has 4 rings (SSSR count). The van der Waals surface area contributed by atoms with Crippen molar-refractivity contribution in [1.82, 2.24) is 15.3 Å². The van der Waals surface area contributed by atoms with E-state index < -0.39 is 11.4 Å². The summed E-state index contributed by atoms with van der Waals surface area (Å²) >= 11 is 0. The fourth-order valence-corrected chi connectivity index (χ4v) is 3.72. The Bertz CT molecular complexity index is 1110. The zero-order chi connectivity index (χ0) is 20.1. The SMILES string of the molecule is NC(=O)C(Cc1cccnc1)(NCc1cccnc1)c1cccc2ccccc12. The molecule has 0 radical (unpaired) electrons. The van der Waals surface area contributed by atoms with E-state index in [2.05, 4.69) is 15.3 Å². The van der Waals surface area contributed by atoms with E-state index in [-0.39, 0.29) is 0 Å². The maximum absolute atomic E-state index is 13.0. The third kappa shape index (κ3) is 3.86. The van der Waals surface area contributed by atoms with Crippen LogP contribution in [0.25, 0.3) is 10.8 Å². The van der Waals surface area contributed by atoms with Gasteiger partial charge in [-0.15, -0.1) is 0 Å². The van der Waals surface area contributed by atoms with Crippen LogP contribution in [0.2, 0.25) is 0 Å². The monoisotopic (exact) mass is 382 g/mol. The van der Waals surface area contributed by atoms with Crippen LogP contribution < -0.4 is 11.1 Å². The number of nitrogens with zero attached hydrogens (tertiary/aromatic N) is 2. The summed E-state index contributed by atoms with van der Waals surface area (Å²) in [4.78, 5) is 21.4. The van der Waals surface area contributed by atoms with Crippen LogP contribution in [0, 0.1) is 0 Å². The molecular formula is C24H22N4O. The molecule has 5 heteroatoms. The predicted octanol–water partition coefficient (Wildman–Crippen LogP) is 3.34. The number of hydrogen-bond donors (Lipinski definition) is 2. The molecule has 29 heavy (non-hydrogen) atoms. The highest BCUT2D eigenvalue weighted by Gasteiger charge is 2.39. The summed E-state index contributed by atoms with van der Waals surface area (Å²) in [5, 5.41) is 5.52. The number of primary amides is 1. The summed E-state index contributed by atoms with van der Waals surface area (Å²) < 4.78 is 0. The number of benzene rings is 2. The fraction of sp³-hybridized carbons (Fsp3) is 0.125. The van der Waals surface area contributed by atoms with E-state index in [1.165, 1.54) is 0 Å². The van der Waals surface area contributed by atoms with E-state index >= 15 is 0 Å². The lowest BCUT2D eigenvalue weighted by atomic mass is 9.80. The first-order valence-electron chi connectivity index (χ1n) is 9.50. The average Bonchev–Trinajstić information content (AvgIpc) is 2.77. The minimum absolute atomic E-state index is 0.393. The Kier molecular flexibility index (Phi) is 5.31. The van der Waals surface area contributed by atoms with Gasteiger partial charge in [-0.3, -0.25) is 20.1 Å². The molecule has 0 aliphatic heterocycles. The van der Waals surface area contributed by atoms with Gasteiger partial charge in [0.15, 0.2) is 0 Å². The van der Waals surface area contributed by atoms with Gasteiger partial charge in [-0.25, -0.2) is 0 Å². The van der Waals surface area contributed by atoms with Crippen molar-refractivity contribution in [2.24, 2.45) is 5.73 Å². The van der Waals surface area contributed by atoms with Gasteiger partial charge >= 0.3 is 0 Å². The number of rotatable bonds is 7. The quantitative estimate of drug-likeness (QED) is 0.514. The lowest BCUT2D eigenvalue weighted by Gasteiger charge is -2.34. The summed E-state index contributed by atoms with van der Waals surface area (Å²) in [5.41, 5.74) is 7.73. The molecule has 0 fully saturated rings. The van der Waals surface area contributed by atoms with Crippen LogP contribution in [-0.4, -0.2) is 15.9 Å². The molecule has 0 bridgehead atoms. The number of aromatic nitrogens is 2. The third-order valence-electron chi connectivity index (χ3n) is 5.18. The van der Waals surface area contributed by atoms with Crippen LogP contribution in [0.5, 0.6) is 0 Å². The molecule has 2 aromatic carbocycles. The standard InChI is InChI=1S/C24H22N4O/c25-23(29)24(14-18-6-4-12-26-15-18,28-17-19-7-5-13-27-16-19)22-11-3-9-20-8-1-2-10-21(20)22/h1-13,15-16,28H,14,17H2,(H2,25,29). The predicted molar refractivity (Wildman–Crippen MR) is 114 cm³/mol. The first kappa shape index (κ1) is 18.8. The van der Waals surface area contributed by atoms with Crippen molar-refractivity contribution < 1.29 is 4.79 Å². The van der Waals surface area contributed by atoms with Gasteiger partial charge in [-0.1, -0.05) is 54.6 Å². The second-order valence-corrected chi connectivity index (χ2v) is 7.05. The van der Waals surface area contributed by atoms with Gasteiger partial charge in [0, 0.05) is 37.8 Å². The Morgan fingerprint density at radius 3 is 2.24 bits per heavy atom. The van der Waals surface area contributed by atoms with Gasteiger partial charge in [0.2, 0.25) is 5.91 Å². The summed E-state index contributed by atoms with van der Waals surface area (Å²) in [6.07, 6.45) is 7.40. The maximum atomic E-state index is 13.0. The van der Waals surface area contributed by atoms with Crippen LogP contribution >= 0.6 is 0 Å². The van der Waals surface area contributed by atoms with Crippen LogP contribution in [0.3, 0.4) is 0 Å². The molecule has 0 aliphatic carbocycles. The molecule has 1 amide bonds. The summed E-state index contributed by atoms with van der Waals surface area (Å²) in [7, 11) is 0. The highest BCUT2D eigenvalue weighted by molar-refractivity contribution is 5.95. The van der Waals surface area contributed by atoms with Crippen molar-refractivity contribution in [2.75, 3.05) is 0 Å².